The summed E-state index contributed by atoms with van der Waals surface area (Å²) < 4.78 is 41.3. The van der Waals surface area contributed by atoms with Crippen molar-refractivity contribution in [2.24, 2.45) is 0 Å². The molecule has 0 aliphatic rings. The van der Waals surface area contributed by atoms with Crippen molar-refractivity contribution in [2.45, 2.75) is 36.1 Å². The monoisotopic (exact) mass is 576 g/mol. The highest BCUT2D eigenvalue weighted by atomic mass is 32.2. The third-order valence-electron chi connectivity index (χ3n) is 6.16. The fraction of sp³-hybridized carbons (Fsp3) is 0.207. The van der Waals surface area contributed by atoms with Gasteiger partial charge in [-0.25, -0.2) is 12.4 Å². The maximum absolute atomic E-state index is 13.7. The van der Waals surface area contributed by atoms with Crippen LogP contribution in [0.3, 0.4) is 0 Å². The van der Waals surface area contributed by atoms with Gasteiger partial charge >= 0.3 is 5.97 Å². The Kier molecular flexibility index (Phi) is 7.95. The van der Waals surface area contributed by atoms with E-state index >= 15 is 0 Å². The molecule has 9 nitrogen and oxygen atoms in total. The number of thioether (sulfide) groups is 1. The molecule has 206 valence electrons. The summed E-state index contributed by atoms with van der Waals surface area (Å²) in [6.07, 6.45) is 1.57. The molecule has 0 N–H and O–H groups in total. The first-order chi connectivity index (χ1) is 19.3. The van der Waals surface area contributed by atoms with Gasteiger partial charge in [0.1, 0.15) is 11.0 Å². The lowest BCUT2D eigenvalue weighted by molar-refractivity contribution is -0.142. The van der Waals surface area contributed by atoms with Gasteiger partial charge in [0.05, 0.1) is 23.6 Å². The number of carbonyl (C=O) groups is 1. The first kappa shape index (κ1) is 27.5. The SMILES string of the molecule is CCOC(=O)C(C)Sc1nnc(-c2cn(S(=O)(=O)c3ccccc3)c3ccccc23)n1-c1ccc(OCC)cc1. The number of rotatable bonds is 10. The van der Waals surface area contributed by atoms with Crippen LogP contribution in [0.5, 0.6) is 5.75 Å². The van der Waals surface area contributed by atoms with E-state index in [1.807, 2.05) is 47.9 Å². The minimum Gasteiger partial charge on any atom is -0.494 e. The van der Waals surface area contributed by atoms with Crippen molar-refractivity contribution in [2.75, 3.05) is 13.2 Å². The molecule has 1 atom stereocenters. The van der Waals surface area contributed by atoms with Crippen molar-refractivity contribution >= 4 is 38.7 Å². The standard InChI is InChI=1S/C29H28N4O5S2/c1-4-37-22-17-15-21(16-18-22)33-27(30-31-29(33)39-20(3)28(34)38-5-2)25-19-32(26-14-10-9-13-24(25)26)40(35,36)23-11-7-6-8-12-23/h6-20H,4-5H2,1-3H3. The number of hydrogen-bond donors (Lipinski definition) is 0. The van der Waals surface area contributed by atoms with Gasteiger partial charge in [-0.2, -0.15) is 0 Å². The second-order valence-corrected chi connectivity index (χ2v) is 11.9. The maximum atomic E-state index is 13.7. The summed E-state index contributed by atoms with van der Waals surface area (Å²) in [5, 5.41) is 9.53. The topological polar surface area (TPSA) is 105 Å². The van der Waals surface area contributed by atoms with Crippen molar-refractivity contribution in [1.82, 2.24) is 18.7 Å². The fourth-order valence-corrected chi connectivity index (χ4v) is 6.57. The summed E-state index contributed by atoms with van der Waals surface area (Å²) in [5.74, 6) is 0.780. The Hall–Kier alpha value is -4.09. The lowest BCUT2D eigenvalue weighted by Crippen LogP contribution is -2.17. The molecule has 0 saturated carbocycles. The van der Waals surface area contributed by atoms with E-state index in [1.165, 1.54) is 15.7 Å². The quantitative estimate of drug-likeness (QED) is 0.157. The molecule has 11 heteroatoms. The summed E-state index contributed by atoms with van der Waals surface area (Å²) in [5.41, 5.74) is 1.81. The van der Waals surface area contributed by atoms with Crippen LogP contribution in [0.2, 0.25) is 0 Å². The molecule has 0 amide bonds. The molecule has 2 heterocycles. The van der Waals surface area contributed by atoms with E-state index in [4.69, 9.17) is 9.47 Å². The van der Waals surface area contributed by atoms with Gasteiger partial charge < -0.3 is 9.47 Å². The summed E-state index contributed by atoms with van der Waals surface area (Å²) >= 11 is 1.22. The van der Waals surface area contributed by atoms with Gasteiger partial charge in [-0.15, -0.1) is 10.2 Å². The second kappa shape index (κ2) is 11.6. The number of para-hydroxylation sites is 1. The number of ether oxygens (including phenoxy) is 2. The average Bonchev–Trinajstić information content (AvgIpc) is 3.56. The van der Waals surface area contributed by atoms with Crippen molar-refractivity contribution in [3.63, 3.8) is 0 Å². The molecule has 0 spiro atoms. The Labute approximate surface area is 236 Å². The van der Waals surface area contributed by atoms with Gasteiger partial charge in [0, 0.05) is 22.8 Å². The summed E-state index contributed by atoms with van der Waals surface area (Å²) in [6, 6.07) is 23.0. The van der Waals surface area contributed by atoms with Crippen LogP contribution >= 0.6 is 11.8 Å². The highest BCUT2D eigenvalue weighted by Gasteiger charge is 2.27. The molecule has 0 fully saturated rings. The lowest BCUT2D eigenvalue weighted by atomic mass is 10.1. The molecule has 2 aromatic heterocycles. The Morgan fingerprint density at radius 3 is 2.33 bits per heavy atom. The second-order valence-electron chi connectivity index (χ2n) is 8.75. The minimum atomic E-state index is -3.90. The molecule has 3 aromatic carbocycles. The molecule has 1 unspecified atom stereocenters. The predicted molar refractivity (Wildman–Crippen MR) is 154 cm³/mol. The van der Waals surface area contributed by atoms with E-state index in [-0.39, 0.29) is 17.5 Å². The van der Waals surface area contributed by atoms with Gasteiger partial charge in [0.15, 0.2) is 11.0 Å². The number of nitrogens with zero attached hydrogens (tertiary/aromatic N) is 4. The summed E-state index contributed by atoms with van der Waals surface area (Å²) in [6.45, 7) is 6.23. The molecule has 0 radical (unpaired) electrons. The summed E-state index contributed by atoms with van der Waals surface area (Å²) in [4.78, 5) is 12.6. The van der Waals surface area contributed by atoms with Gasteiger partial charge in [0.25, 0.3) is 10.0 Å². The lowest BCUT2D eigenvalue weighted by Gasteiger charge is -2.13. The molecule has 40 heavy (non-hydrogen) atoms. The van der Waals surface area contributed by atoms with Crippen LogP contribution in [0, 0.1) is 0 Å². The zero-order chi connectivity index (χ0) is 28.3. The predicted octanol–water partition coefficient (Wildman–Crippen LogP) is 5.57. The van der Waals surface area contributed by atoms with Crippen LogP contribution < -0.4 is 4.74 Å². The van der Waals surface area contributed by atoms with E-state index in [0.717, 1.165) is 5.69 Å². The molecule has 5 aromatic rings. The van der Waals surface area contributed by atoms with E-state index < -0.39 is 15.3 Å². The average molecular weight is 577 g/mol. The molecular weight excluding hydrogens is 548 g/mol. The van der Waals surface area contributed by atoms with Gasteiger partial charge in [-0.05, 0) is 63.2 Å². The molecule has 0 bridgehead atoms. The number of benzene rings is 3. The zero-order valence-electron chi connectivity index (χ0n) is 22.2. The van der Waals surface area contributed by atoms with Crippen LogP contribution in [0.4, 0.5) is 0 Å². The smallest absolute Gasteiger partial charge is 0.319 e. The number of carbonyl (C=O) groups excluding carboxylic acids is 1. The minimum absolute atomic E-state index is 0.176. The fourth-order valence-electron chi connectivity index (χ4n) is 4.31. The first-order valence-electron chi connectivity index (χ1n) is 12.8. The van der Waals surface area contributed by atoms with Crippen LogP contribution in [-0.4, -0.2) is 51.6 Å². The van der Waals surface area contributed by atoms with Crippen molar-refractivity contribution in [3.8, 4) is 22.8 Å². The number of esters is 1. The normalized spacial score (nSPS) is 12.4. The first-order valence-corrected chi connectivity index (χ1v) is 15.1. The van der Waals surface area contributed by atoms with Crippen LogP contribution in [0.15, 0.2) is 95.1 Å². The van der Waals surface area contributed by atoms with Crippen molar-refractivity contribution < 1.29 is 22.7 Å². The van der Waals surface area contributed by atoms with Gasteiger partial charge in [-0.3, -0.25) is 9.36 Å². The maximum Gasteiger partial charge on any atom is 0.319 e. The molecule has 0 saturated heterocycles. The van der Waals surface area contributed by atoms with Crippen LogP contribution in [0.25, 0.3) is 28.0 Å². The van der Waals surface area contributed by atoms with Gasteiger partial charge in [0.2, 0.25) is 0 Å². The molecule has 5 rings (SSSR count). The third-order valence-corrected chi connectivity index (χ3v) is 8.87. The third kappa shape index (κ3) is 5.22. The Morgan fingerprint density at radius 1 is 0.925 bits per heavy atom. The van der Waals surface area contributed by atoms with Crippen molar-refractivity contribution in [3.05, 3.63) is 85.1 Å². The van der Waals surface area contributed by atoms with E-state index in [0.29, 0.717) is 39.8 Å². The van der Waals surface area contributed by atoms with E-state index in [9.17, 15) is 13.2 Å². The van der Waals surface area contributed by atoms with Gasteiger partial charge in [-0.1, -0.05) is 48.2 Å². The Balaban J connectivity index is 1.69. The number of aromatic nitrogens is 4. The van der Waals surface area contributed by atoms with E-state index in [1.54, 1.807) is 62.5 Å². The number of hydrogen-bond acceptors (Lipinski definition) is 8. The van der Waals surface area contributed by atoms with Crippen LogP contribution in [0.1, 0.15) is 20.8 Å². The summed E-state index contributed by atoms with van der Waals surface area (Å²) in [7, 11) is -3.90. The highest BCUT2D eigenvalue weighted by molar-refractivity contribution is 8.00. The van der Waals surface area contributed by atoms with Crippen molar-refractivity contribution in [1.29, 1.82) is 0 Å². The Bertz CT molecular complexity index is 1750. The number of fused-ring (bicyclic) bond motifs is 1. The zero-order valence-corrected chi connectivity index (χ0v) is 23.9. The van der Waals surface area contributed by atoms with E-state index in [2.05, 4.69) is 10.2 Å². The highest BCUT2D eigenvalue weighted by Crippen LogP contribution is 2.36. The molecule has 0 aliphatic carbocycles. The Morgan fingerprint density at radius 2 is 1.62 bits per heavy atom. The molecular formula is C29H28N4O5S2. The van der Waals surface area contributed by atoms with Crippen LogP contribution in [-0.2, 0) is 19.6 Å². The molecule has 0 aliphatic heterocycles. The largest absolute Gasteiger partial charge is 0.494 e.